The van der Waals surface area contributed by atoms with Crippen LogP contribution in [0.3, 0.4) is 0 Å². The molecule has 0 spiro atoms. The van der Waals surface area contributed by atoms with Gasteiger partial charge in [-0.1, -0.05) is 242 Å². The molecule has 0 amide bonds. The van der Waals surface area contributed by atoms with Crippen molar-refractivity contribution < 1.29 is 72.2 Å². The summed E-state index contributed by atoms with van der Waals surface area (Å²) in [5.41, 5.74) is 5.17. The molecule has 0 radical (unpaired) electrons. The molecule has 8 aromatic rings. The van der Waals surface area contributed by atoms with Gasteiger partial charge in [0.15, 0.2) is 31.5 Å². The van der Waals surface area contributed by atoms with Crippen molar-refractivity contribution in [2.24, 2.45) is 0 Å². The van der Waals surface area contributed by atoms with E-state index >= 15 is 0 Å². The predicted octanol–water partition coefficient (Wildman–Crippen LogP) is 10.7. The predicted molar refractivity (Wildman–Crippen MR) is 320 cm³/mol. The molecule has 3 N–H and O–H groups in total. The quantitative estimate of drug-likeness (QED) is 0.0444. The fraction of sp³-hybridized carbons (Fsp3) is 0.314. The third-order valence-corrected chi connectivity index (χ3v) is 16.1. The molecule has 15 nitrogen and oxygen atoms in total. The van der Waals surface area contributed by atoms with E-state index in [2.05, 4.69) is 0 Å². The first kappa shape index (κ1) is 61.2. The molecule has 3 unspecified atom stereocenters. The number of aliphatic hydroxyl groups is 3. The van der Waals surface area contributed by atoms with Crippen LogP contribution in [0, 0.1) is 0 Å². The number of rotatable bonds is 27. The van der Waals surface area contributed by atoms with Crippen LogP contribution in [0.15, 0.2) is 248 Å². The Labute approximate surface area is 506 Å². The lowest BCUT2D eigenvalue weighted by Crippen LogP contribution is -2.67. The SMILES string of the molecule is OC1O[C@@H](Sc2ccccc2)[C@H](OCc2ccccc2)[C@@H](OCc2ccccc2)[C@@H]1O[C@H]1OC(O)[C@@H](O[C@H]2OC(O)[C@@H](OCc3ccccc3)[C@H](OCc3ccccc3)[C@H]2OCc2ccccc2)[C@H](OCc2ccccc2)[C@H]1OCc1ccccc1. The molecule has 0 aliphatic carbocycles. The van der Waals surface area contributed by atoms with Crippen LogP contribution < -0.4 is 0 Å². The van der Waals surface area contributed by atoms with E-state index in [9.17, 15) is 15.3 Å². The van der Waals surface area contributed by atoms with Gasteiger partial charge < -0.3 is 72.2 Å². The molecule has 3 saturated heterocycles. The highest BCUT2D eigenvalue weighted by Gasteiger charge is 2.57. The lowest BCUT2D eigenvalue weighted by Gasteiger charge is -2.50. The van der Waals surface area contributed by atoms with Gasteiger partial charge in [0.25, 0.3) is 0 Å². The van der Waals surface area contributed by atoms with Gasteiger partial charge in [-0.15, -0.1) is 0 Å². The molecule has 0 bridgehead atoms. The molecular formula is C70H72O15S. The van der Waals surface area contributed by atoms with Crippen molar-refractivity contribution in [1.29, 1.82) is 0 Å². The summed E-state index contributed by atoms with van der Waals surface area (Å²) in [5, 5.41) is 37.4. The molecule has 16 heteroatoms. The van der Waals surface area contributed by atoms with Crippen molar-refractivity contribution in [3.8, 4) is 0 Å². The molecule has 448 valence electrons. The maximum atomic E-state index is 12.7. The van der Waals surface area contributed by atoms with Crippen molar-refractivity contribution in [3.63, 3.8) is 0 Å². The third-order valence-electron chi connectivity index (χ3n) is 15.0. The van der Waals surface area contributed by atoms with Gasteiger partial charge in [-0.25, -0.2) is 0 Å². The maximum Gasteiger partial charge on any atom is 0.190 e. The van der Waals surface area contributed by atoms with E-state index in [1.807, 2.05) is 243 Å². The fourth-order valence-electron chi connectivity index (χ4n) is 10.6. The smallest absolute Gasteiger partial charge is 0.190 e. The second-order valence-corrected chi connectivity index (χ2v) is 22.3. The summed E-state index contributed by atoms with van der Waals surface area (Å²) in [4.78, 5) is 0.878. The van der Waals surface area contributed by atoms with E-state index in [0.29, 0.717) is 0 Å². The van der Waals surface area contributed by atoms with Gasteiger partial charge in [-0.05, 0) is 51.1 Å². The van der Waals surface area contributed by atoms with Crippen LogP contribution in [0.5, 0.6) is 0 Å². The normalized spacial score (nSPS) is 27.5. The van der Waals surface area contributed by atoms with E-state index < -0.39 is 91.8 Å². The third kappa shape index (κ3) is 16.8. The van der Waals surface area contributed by atoms with Crippen molar-refractivity contribution >= 4 is 11.8 Å². The lowest BCUT2D eigenvalue weighted by molar-refractivity contribution is -0.420. The van der Waals surface area contributed by atoms with Crippen LogP contribution in [0.2, 0.25) is 0 Å². The summed E-state index contributed by atoms with van der Waals surface area (Å²) in [6, 6.07) is 77.1. The fourth-order valence-corrected chi connectivity index (χ4v) is 11.7. The highest BCUT2D eigenvalue weighted by atomic mass is 32.2. The molecule has 3 aliphatic heterocycles. The molecule has 11 rings (SSSR count). The molecule has 15 atom stereocenters. The Bertz CT molecular complexity index is 3170. The standard InChI is InChI=1S/C70H72O15S/c71-65-59(77-44-51-31-15-4-16-32-51)56(74-41-48-25-9-1-10-26-48)62(78-45-52-33-17-5-18-34-52)68(83-65)81-60-57(75-42-49-27-11-2-12-28-49)63(79-46-53-35-19-6-20-36-53)69(84-66(60)72)82-61-58(76-43-50-29-13-3-14-30-50)64(80-47-54-37-21-7-22-38-54)70(85-67(61)73)86-55-39-23-8-24-40-55/h1-40,56-73H,41-47H2/t56-,57-,58-,59-,60-,61-,62+,63+,64+,65?,66?,67?,68-,69-,70-/m0/s1. The van der Waals surface area contributed by atoms with Crippen LogP contribution in [0.1, 0.15) is 38.9 Å². The Hall–Kier alpha value is -6.49. The number of aliphatic hydroxyl groups excluding tert-OH is 3. The van der Waals surface area contributed by atoms with Crippen molar-refractivity contribution in [2.45, 2.75) is 143 Å². The first-order valence-electron chi connectivity index (χ1n) is 29.0. The van der Waals surface area contributed by atoms with E-state index in [0.717, 1.165) is 43.8 Å². The zero-order chi connectivity index (χ0) is 58.7. The Morgan fingerprint density at radius 3 is 0.814 bits per heavy atom. The summed E-state index contributed by atoms with van der Waals surface area (Å²) in [6.07, 6.45) is -18.5. The average molecular weight is 1190 g/mol. The Balaban J connectivity index is 0.952. The van der Waals surface area contributed by atoms with Crippen molar-refractivity contribution in [1.82, 2.24) is 0 Å². The number of benzene rings is 8. The van der Waals surface area contributed by atoms with E-state index in [1.165, 1.54) is 11.8 Å². The van der Waals surface area contributed by atoms with Gasteiger partial charge in [0, 0.05) is 4.90 Å². The number of ether oxygens (including phenoxy) is 12. The molecule has 86 heavy (non-hydrogen) atoms. The van der Waals surface area contributed by atoms with Crippen LogP contribution in [0.4, 0.5) is 0 Å². The first-order valence-corrected chi connectivity index (χ1v) is 29.9. The number of hydrogen-bond acceptors (Lipinski definition) is 16. The summed E-state index contributed by atoms with van der Waals surface area (Å²) in [6.45, 7) is 0.644. The van der Waals surface area contributed by atoms with Crippen LogP contribution >= 0.6 is 11.8 Å². The molecule has 3 aliphatic rings. The van der Waals surface area contributed by atoms with E-state index in [1.54, 1.807) is 0 Å². The monoisotopic (exact) mass is 1180 g/mol. The zero-order valence-corrected chi connectivity index (χ0v) is 48.2. The van der Waals surface area contributed by atoms with Crippen LogP contribution in [0.25, 0.3) is 0 Å². The Morgan fingerprint density at radius 2 is 0.488 bits per heavy atom. The summed E-state index contributed by atoms with van der Waals surface area (Å²) in [5.74, 6) is 0. The second kappa shape index (κ2) is 31.4. The molecule has 0 aromatic heterocycles. The van der Waals surface area contributed by atoms with Crippen molar-refractivity contribution in [3.05, 3.63) is 282 Å². The summed E-state index contributed by atoms with van der Waals surface area (Å²) < 4.78 is 81.6. The van der Waals surface area contributed by atoms with Gasteiger partial charge in [-0.2, -0.15) is 0 Å². The summed E-state index contributed by atoms with van der Waals surface area (Å²) in [7, 11) is 0. The molecule has 8 aromatic carbocycles. The largest absolute Gasteiger partial charge is 0.368 e. The average Bonchev–Trinajstić information content (AvgIpc) is 1.56. The minimum absolute atomic E-state index is 0.0159. The van der Waals surface area contributed by atoms with E-state index in [-0.39, 0.29) is 46.2 Å². The summed E-state index contributed by atoms with van der Waals surface area (Å²) >= 11 is 1.39. The van der Waals surface area contributed by atoms with Gasteiger partial charge in [0.1, 0.15) is 60.4 Å². The zero-order valence-electron chi connectivity index (χ0n) is 47.4. The topological polar surface area (TPSA) is 171 Å². The minimum atomic E-state index is -1.85. The number of hydrogen-bond donors (Lipinski definition) is 3. The van der Waals surface area contributed by atoms with Gasteiger partial charge in [0.2, 0.25) is 0 Å². The lowest BCUT2D eigenvalue weighted by atomic mass is 9.99. The molecule has 0 saturated carbocycles. The molecular weight excluding hydrogens is 1110 g/mol. The van der Waals surface area contributed by atoms with Crippen LogP contribution in [-0.4, -0.2) is 107 Å². The first-order chi connectivity index (χ1) is 42.4. The van der Waals surface area contributed by atoms with Crippen molar-refractivity contribution in [2.75, 3.05) is 0 Å². The Morgan fingerprint density at radius 1 is 0.256 bits per heavy atom. The van der Waals surface area contributed by atoms with Gasteiger partial charge >= 0.3 is 0 Å². The van der Waals surface area contributed by atoms with Gasteiger partial charge in [-0.3, -0.25) is 0 Å². The molecule has 3 heterocycles. The Kier molecular flexibility index (Phi) is 22.4. The second-order valence-electron chi connectivity index (χ2n) is 21.1. The molecule has 3 fully saturated rings. The maximum absolute atomic E-state index is 12.7. The van der Waals surface area contributed by atoms with Crippen LogP contribution in [-0.2, 0) is 103 Å². The highest BCUT2D eigenvalue weighted by Crippen LogP contribution is 2.41. The van der Waals surface area contributed by atoms with E-state index in [4.69, 9.17) is 56.8 Å². The number of thioether (sulfide) groups is 1. The highest BCUT2D eigenvalue weighted by molar-refractivity contribution is 7.99. The van der Waals surface area contributed by atoms with Gasteiger partial charge in [0.05, 0.1) is 46.2 Å². The minimum Gasteiger partial charge on any atom is -0.368 e.